The van der Waals surface area contributed by atoms with Crippen molar-refractivity contribution in [1.29, 1.82) is 0 Å². The first-order valence-electron chi connectivity index (χ1n) is 8.97. The molecule has 132 valence electrons. The Morgan fingerprint density at radius 1 is 1.29 bits per heavy atom. The van der Waals surface area contributed by atoms with Gasteiger partial charge in [-0.25, -0.2) is 4.79 Å². The van der Waals surface area contributed by atoms with Gasteiger partial charge in [-0.2, -0.15) is 0 Å². The minimum atomic E-state index is -0.440. The van der Waals surface area contributed by atoms with Gasteiger partial charge >= 0.3 is 6.09 Å². The van der Waals surface area contributed by atoms with Gasteiger partial charge in [-0.15, -0.1) is 0 Å². The van der Waals surface area contributed by atoms with Crippen LogP contribution in [0, 0.1) is 5.92 Å². The number of hydrogen-bond donors (Lipinski definition) is 0. The Morgan fingerprint density at radius 2 is 2.00 bits per heavy atom. The van der Waals surface area contributed by atoms with E-state index in [1.165, 1.54) is 18.4 Å². The van der Waals surface area contributed by atoms with Crippen LogP contribution >= 0.6 is 0 Å². The Morgan fingerprint density at radius 3 is 2.67 bits per heavy atom. The minimum Gasteiger partial charge on any atom is -0.493 e. The highest BCUT2D eigenvalue weighted by atomic mass is 16.6. The highest BCUT2D eigenvalue weighted by Crippen LogP contribution is 2.50. The topological polar surface area (TPSA) is 38.8 Å². The average Bonchev–Trinajstić information content (AvgIpc) is 3.08. The number of carbonyl (C=O) groups is 1. The van der Waals surface area contributed by atoms with Crippen LogP contribution in [0.15, 0.2) is 24.3 Å². The number of amides is 1. The van der Waals surface area contributed by atoms with Gasteiger partial charge in [-0.05, 0) is 51.5 Å². The Kier molecular flexibility index (Phi) is 4.50. The van der Waals surface area contributed by atoms with E-state index in [-0.39, 0.29) is 6.09 Å². The summed E-state index contributed by atoms with van der Waals surface area (Å²) in [4.78, 5) is 13.9. The predicted octanol–water partition coefficient (Wildman–Crippen LogP) is 4.37. The summed E-state index contributed by atoms with van der Waals surface area (Å²) in [6.07, 6.45) is 3.24. The fourth-order valence-corrected chi connectivity index (χ4v) is 3.22. The zero-order valence-corrected chi connectivity index (χ0v) is 15.3. The fourth-order valence-electron chi connectivity index (χ4n) is 3.22. The third kappa shape index (κ3) is 4.03. The van der Waals surface area contributed by atoms with Crippen molar-refractivity contribution in [2.75, 3.05) is 19.7 Å². The summed E-state index contributed by atoms with van der Waals surface area (Å²) in [5.41, 5.74) is 1.19. The molecule has 3 rings (SSSR count). The van der Waals surface area contributed by atoms with E-state index >= 15 is 0 Å². The third-order valence-corrected chi connectivity index (χ3v) is 4.95. The van der Waals surface area contributed by atoms with Crippen molar-refractivity contribution >= 4 is 6.09 Å². The average molecular weight is 331 g/mol. The van der Waals surface area contributed by atoms with Crippen LogP contribution in [0.25, 0.3) is 0 Å². The normalized spacial score (nSPS) is 22.3. The van der Waals surface area contributed by atoms with Crippen LogP contribution in [0.5, 0.6) is 5.75 Å². The maximum absolute atomic E-state index is 12.1. The number of benzene rings is 1. The van der Waals surface area contributed by atoms with Gasteiger partial charge < -0.3 is 14.4 Å². The molecule has 1 saturated carbocycles. The van der Waals surface area contributed by atoms with Crippen molar-refractivity contribution in [2.45, 2.75) is 58.0 Å². The zero-order chi connectivity index (χ0) is 17.4. The van der Waals surface area contributed by atoms with Crippen molar-refractivity contribution in [1.82, 2.24) is 4.90 Å². The summed E-state index contributed by atoms with van der Waals surface area (Å²) < 4.78 is 11.6. The molecule has 1 aromatic rings. The Balaban J connectivity index is 1.53. The van der Waals surface area contributed by atoms with Gasteiger partial charge in [-0.3, -0.25) is 0 Å². The van der Waals surface area contributed by atoms with Gasteiger partial charge in [-0.1, -0.05) is 25.1 Å². The van der Waals surface area contributed by atoms with E-state index in [1.54, 1.807) is 4.90 Å². The van der Waals surface area contributed by atoms with Crippen LogP contribution in [0.1, 0.15) is 52.5 Å². The summed E-state index contributed by atoms with van der Waals surface area (Å²) in [6.45, 7) is 10.1. The van der Waals surface area contributed by atoms with E-state index in [9.17, 15) is 4.79 Å². The molecule has 1 atom stereocenters. The predicted molar refractivity (Wildman–Crippen MR) is 94.4 cm³/mol. The molecule has 0 spiro atoms. The molecule has 1 amide bonds. The molecule has 1 saturated heterocycles. The zero-order valence-electron chi connectivity index (χ0n) is 15.3. The van der Waals surface area contributed by atoms with E-state index in [0.717, 1.165) is 18.7 Å². The molecule has 1 heterocycles. The molecule has 1 aliphatic heterocycles. The van der Waals surface area contributed by atoms with Gasteiger partial charge in [0.1, 0.15) is 11.4 Å². The molecule has 0 N–H and O–H groups in total. The van der Waals surface area contributed by atoms with E-state index in [0.29, 0.717) is 24.5 Å². The number of likely N-dealkylation sites (tertiary alicyclic amines) is 1. The second kappa shape index (κ2) is 6.30. The molecule has 4 nitrogen and oxygen atoms in total. The Labute approximate surface area is 145 Å². The van der Waals surface area contributed by atoms with Crippen LogP contribution in [0.3, 0.4) is 0 Å². The molecule has 4 heteroatoms. The van der Waals surface area contributed by atoms with E-state index in [4.69, 9.17) is 9.47 Å². The first-order chi connectivity index (χ1) is 11.3. The molecule has 1 aromatic carbocycles. The number of ether oxygens (including phenoxy) is 2. The molecular formula is C20H29NO3. The molecule has 24 heavy (non-hydrogen) atoms. The minimum absolute atomic E-state index is 0.212. The molecule has 0 bridgehead atoms. The number of nitrogens with zero attached hydrogens (tertiary/aromatic N) is 1. The van der Waals surface area contributed by atoms with E-state index in [1.807, 2.05) is 26.8 Å². The van der Waals surface area contributed by atoms with Gasteiger partial charge in [0.15, 0.2) is 0 Å². The summed E-state index contributed by atoms with van der Waals surface area (Å²) in [6, 6.07) is 8.38. The summed E-state index contributed by atoms with van der Waals surface area (Å²) in [7, 11) is 0. The van der Waals surface area contributed by atoms with Gasteiger partial charge in [0.25, 0.3) is 0 Å². The second-order valence-corrected chi connectivity index (χ2v) is 8.45. The summed E-state index contributed by atoms with van der Waals surface area (Å²) in [5.74, 6) is 1.38. The first kappa shape index (κ1) is 17.1. The van der Waals surface area contributed by atoms with Crippen molar-refractivity contribution in [3.8, 4) is 5.75 Å². The van der Waals surface area contributed by atoms with Gasteiger partial charge in [0.05, 0.1) is 6.61 Å². The molecule has 1 unspecified atom stereocenters. The molecule has 2 aliphatic rings. The maximum atomic E-state index is 12.1. The monoisotopic (exact) mass is 331 g/mol. The maximum Gasteiger partial charge on any atom is 0.410 e. The van der Waals surface area contributed by atoms with Gasteiger partial charge in [0.2, 0.25) is 0 Å². The summed E-state index contributed by atoms with van der Waals surface area (Å²) >= 11 is 0. The second-order valence-electron chi connectivity index (χ2n) is 8.45. The quantitative estimate of drug-likeness (QED) is 0.822. The number of hydrogen-bond acceptors (Lipinski definition) is 3. The molecule has 0 radical (unpaired) electrons. The first-order valence-corrected chi connectivity index (χ1v) is 8.97. The summed E-state index contributed by atoms with van der Waals surface area (Å²) in [5, 5.41) is 0. The van der Waals surface area contributed by atoms with E-state index < -0.39 is 5.60 Å². The molecule has 1 aliphatic carbocycles. The number of rotatable bonds is 4. The molecule has 2 fully saturated rings. The van der Waals surface area contributed by atoms with Crippen molar-refractivity contribution in [3.63, 3.8) is 0 Å². The van der Waals surface area contributed by atoms with Crippen molar-refractivity contribution < 1.29 is 14.3 Å². The van der Waals surface area contributed by atoms with Crippen molar-refractivity contribution in [3.05, 3.63) is 29.8 Å². The number of para-hydroxylation sites is 1. The van der Waals surface area contributed by atoms with Crippen LogP contribution < -0.4 is 4.74 Å². The molecular weight excluding hydrogens is 302 g/mol. The lowest BCUT2D eigenvalue weighted by atomic mass is 9.97. The van der Waals surface area contributed by atoms with Gasteiger partial charge in [0, 0.05) is 24.6 Å². The highest BCUT2D eigenvalue weighted by Gasteiger charge is 2.41. The smallest absolute Gasteiger partial charge is 0.410 e. The van der Waals surface area contributed by atoms with Crippen LogP contribution in [0.2, 0.25) is 0 Å². The molecule has 0 aromatic heterocycles. The van der Waals surface area contributed by atoms with Crippen LogP contribution in [-0.2, 0) is 10.2 Å². The fraction of sp³-hybridized carbons (Fsp3) is 0.650. The lowest BCUT2D eigenvalue weighted by Gasteiger charge is -2.24. The van der Waals surface area contributed by atoms with Crippen molar-refractivity contribution in [2.24, 2.45) is 5.92 Å². The lowest BCUT2D eigenvalue weighted by Crippen LogP contribution is -2.35. The Hall–Kier alpha value is -1.71. The van der Waals surface area contributed by atoms with Crippen LogP contribution in [0.4, 0.5) is 4.79 Å². The highest BCUT2D eigenvalue weighted by molar-refractivity contribution is 5.68. The van der Waals surface area contributed by atoms with E-state index in [2.05, 4.69) is 25.1 Å². The largest absolute Gasteiger partial charge is 0.493 e. The standard InChI is InChI=1S/C20H29NO3/c1-19(2,3)24-18(22)21-12-9-15(13-21)14-23-17-8-6-5-7-16(17)20(4)10-11-20/h5-8,15H,9-14H2,1-4H3. The third-order valence-electron chi connectivity index (χ3n) is 4.95. The number of carbonyl (C=O) groups excluding carboxylic acids is 1. The van der Waals surface area contributed by atoms with Crippen LogP contribution in [-0.4, -0.2) is 36.3 Å². The SMILES string of the molecule is CC(C)(C)OC(=O)N1CCC(COc2ccccc2C2(C)CC2)C1. The Bertz CT molecular complexity index is 601. The lowest BCUT2D eigenvalue weighted by molar-refractivity contribution is 0.0284.